The van der Waals surface area contributed by atoms with Crippen molar-refractivity contribution in [3.05, 3.63) is 0 Å². The van der Waals surface area contributed by atoms with Crippen molar-refractivity contribution in [3.63, 3.8) is 0 Å². The molecule has 0 aromatic carbocycles. The predicted molar refractivity (Wildman–Crippen MR) is 56.6 cm³/mol. The van der Waals surface area contributed by atoms with Gasteiger partial charge in [-0.05, 0) is 20.3 Å². The van der Waals surface area contributed by atoms with Gasteiger partial charge in [0, 0.05) is 6.61 Å². The second-order valence-electron chi connectivity index (χ2n) is 3.76. The molecule has 0 amide bonds. The van der Waals surface area contributed by atoms with E-state index in [-0.39, 0.29) is 18.4 Å². The van der Waals surface area contributed by atoms with Crippen molar-refractivity contribution in [3.8, 4) is 0 Å². The van der Waals surface area contributed by atoms with Crippen molar-refractivity contribution < 1.29 is 18.7 Å². The maximum atomic E-state index is 11.3. The summed E-state index contributed by atoms with van der Waals surface area (Å²) in [7, 11) is -3.38. The molecule has 5 heteroatoms. The van der Waals surface area contributed by atoms with Crippen molar-refractivity contribution in [2.45, 2.75) is 45.9 Å². The molecule has 0 saturated carbocycles. The molecule has 1 atom stereocenters. The first-order chi connectivity index (χ1) is 6.36. The second kappa shape index (κ2) is 6.57. The number of hydrogen-bond acceptors (Lipinski definition) is 3. The van der Waals surface area contributed by atoms with Crippen LogP contribution in [0.5, 0.6) is 0 Å². The number of ether oxygens (including phenoxy) is 1. The molecular formula is C9H21O4P. The van der Waals surface area contributed by atoms with Gasteiger partial charge in [0.25, 0.3) is 0 Å². The smallest absolute Gasteiger partial charge is 0.330 e. The van der Waals surface area contributed by atoms with Crippen molar-refractivity contribution in [1.82, 2.24) is 0 Å². The Labute approximate surface area is 86.1 Å². The van der Waals surface area contributed by atoms with Gasteiger partial charge in [-0.1, -0.05) is 13.8 Å². The lowest BCUT2D eigenvalue weighted by Gasteiger charge is -2.15. The zero-order chi connectivity index (χ0) is 11.2. The molecule has 0 aliphatic carbocycles. The van der Waals surface area contributed by atoms with Crippen LogP contribution in [0.1, 0.15) is 34.1 Å². The lowest BCUT2D eigenvalue weighted by atomic mass is 10.4. The molecule has 0 bridgehead atoms. The van der Waals surface area contributed by atoms with Crippen LogP contribution in [0.2, 0.25) is 0 Å². The van der Waals surface area contributed by atoms with Gasteiger partial charge in [-0.2, -0.15) is 0 Å². The van der Waals surface area contributed by atoms with Gasteiger partial charge >= 0.3 is 7.60 Å². The molecule has 0 rings (SSSR count). The third kappa shape index (κ3) is 6.55. The molecule has 0 saturated heterocycles. The van der Waals surface area contributed by atoms with Crippen LogP contribution in [0.15, 0.2) is 0 Å². The molecule has 0 aromatic heterocycles. The SMILES string of the molecule is CC(C)OCCCOP(=O)(O)C(C)C. The molecule has 0 radical (unpaired) electrons. The molecule has 0 fully saturated rings. The Kier molecular flexibility index (Phi) is 6.62. The van der Waals surface area contributed by atoms with Crippen LogP contribution in [0.4, 0.5) is 0 Å². The lowest BCUT2D eigenvalue weighted by molar-refractivity contribution is 0.0683. The van der Waals surface area contributed by atoms with Crippen LogP contribution < -0.4 is 0 Å². The highest BCUT2D eigenvalue weighted by molar-refractivity contribution is 7.53. The van der Waals surface area contributed by atoms with Crippen LogP contribution >= 0.6 is 7.60 Å². The van der Waals surface area contributed by atoms with E-state index in [1.807, 2.05) is 13.8 Å². The minimum absolute atomic E-state index is 0.195. The maximum absolute atomic E-state index is 11.3. The summed E-state index contributed by atoms with van der Waals surface area (Å²) in [6, 6.07) is 0. The summed E-state index contributed by atoms with van der Waals surface area (Å²) in [4.78, 5) is 9.29. The second-order valence-corrected chi connectivity index (χ2v) is 6.18. The molecular weight excluding hydrogens is 203 g/mol. The van der Waals surface area contributed by atoms with Gasteiger partial charge in [0.05, 0.1) is 18.4 Å². The molecule has 1 N–H and O–H groups in total. The van der Waals surface area contributed by atoms with Crippen LogP contribution in [0, 0.1) is 0 Å². The molecule has 0 heterocycles. The number of rotatable bonds is 7. The average Bonchev–Trinajstić information content (AvgIpc) is 2.02. The minimum atomic E-state index is -3.38. The zero-order valence-electron chi connectivity index (χ0n) is 9.40. The Hall–Kier alpha value is 0.110. The van der Waals surface area contributed by atoms with Gasteiger partial charge in [0.1, 0.15) is 0 Å². The monoisotopic (exact) mass is 224 g/mol. The highest BCUT2D eigenvalue weighted by Gasteiger charge is 2.23. The first kappa shape index (κ1) is 14.1. The van der Waals surface area contributed by atoms with Gasteiger partial charge in [0.2, 0.25) is 0 Å². The van der Waals surface area contributed by atoms with Crippen molar-refractivity contribution in [2.24, 2.45) is 0 Å². The molecule has 0 aliphatic rings. The molecule has 4 nitrogen and oxygen atoms in total. The molecule has 1 unspecified atom stereocenters. The van der Waals surface area contributed by atoms with Crippen LogP contribution in [-0.4, -0.2) is 29.9 Å². The summed E-state index contributed by atoms with van der Waals surface area (Å²) in [5, 5.41) is 0. The first-order valence-corrected chi connectivity index (χ1v) is 6.59. The Morgan fingerprint density at radius 1 is 1.21 bits per heavy atom. The normalized spacial score (nSPS) is 16.2. The van der Waals surface area contributed by atoms with Gasteiger partial charge in [-0.15, -0.1) is 0 Å². The highest BCUT2D eigenvalue weighted by Crippen LogP contribution is 2.46. The summed E-state index contributed by atoms with van der Waals surface area (Å²) < 4.78 is 21.5. The first-order valence-electron chi connectivity index (χ1n) is 4.95. The predicted octanol–water partition coefficient (Wildman–Crippen LogP) is 2.41. The summed E-state index contributed by atoms with van der Waals surface area (Å²) in [6.07, 6.45) is 0.844. The third-order valence-electron chi connectivity index (χ3n) is 1.67. The van der Waals surface area contributed by atoms with E-state index < -0.39 is 7.60 Å². The van der Waals surface area contributed by atoms with Gasteiger partial charge in [0.15, 0.2) is 0 Å². The Morgan fingerprint density at radius 2 is 1.79 bits per heavy atom. The van der Waals surface area contributed by atoms with E-state index in [1.54, 1.807) is 13.8 Å². The quantitative estimate of drug-likeness (QED) is 0.533. The molecule has 0 aliphatic heterocycles. The fraction of sp³-hybridized carbons (Fsp3) is 1.00. The fourth-order valence-corrected chi connectivity index (χ4v) is 1.41. The molecule has 14 heavy (non-hydrogen) atoms. The van der Waals surface area contributed by atoms with E-state index >= 15 is 0 Å². The largest absolute Gasteiger partial charge is 0.379 e. The zero-order valence-corrected chi connectivity index (χ0v) is 10.3. The van der Waals surface area contributed by atoms with E-state index in [4.69, 9.17) is 9.26 Å². The van der Waals surface area contributed by atoms with E-state index in [0.717, 1.165) is 0 Å². The molecule has 0 aromatic rings. The van der Waals surface area contributed by atoms with Gasteiger partial charge in [-0.3, -0.25) is 4.57 Å². The summed E-state index contributed by atoms with van der Waals surface area (Å²) in [5.41, 5.74) is -0.339. The van der Waals surface area contributed by atoms with E-state index in [0.29, 0.717) is 13.0 Å². The number of hydrogen-bond donors (Lipinski definition) is 1. The minimum Gasteiger partial charge on any atom is -0.379 e. The van der Waals surface area contributed by atoms with E-state index in [1.165, 1.54) is 0 Å². The topological polar surface area (TPSA) is 55.8 Å². The Bertz CT molecular complexity index is 191. The van der Waals surface area contributed by atoms with Crippen molar-refractivity contribution in [1.29, 1.82) is 0 Å². The van der Waals surface area contributed by atoms with Crippen molar-refractivity contribution in [2.75, 3.05) is 13.2 Å². The van der Waals surface area contributed by atoms with E-state index in [9.17, 15) is 9.46 Å². The van der Waals surface area contributed by atoms with Crippen LogP contribution in [-0.2, 0) is 13.8 Å². The fourth-order valence-electron chi connectivity index (χ4n) is 0.722. The third-order valence-corrected chi connectivity index (χ3v) is 3.53. The van der Waals surface area contributed by atoms with Gasteiger partial charge in [-0.25, -0.2) is 0 Å². The highest BCUT2D eigenvalue weighted by atomic mass is 31.2. The van der Waals surface area contributed by atoms with Crippen LogP contribution in [0.3, 0.4) is 0 Å². The summed E-state index contributed by atoms with van der Waals surface area (Å²) in [6.45, 7) is 8.09. The average molecular weight is 224 g/mol. The summed E-state index contributed by atoms with van der Waals surface area (Å²) >= 11 is 0. The molecule has 86 valence electrons. The molecule has 0 spiro atoms. The summed E-state index contributed by atoms with van der Waals surface area (Å²) in [5.74, 6) is 0. The Morgan fingerprint density at radius 3 is 2.21 bits per heavy atom. The Balaban J connectivity index is 3.50. The van der Waals surface area contributed by atoms with Crippen LogP contribution in [0.25, 0.3) is 0 Å². The maximum Gasteiger partial charge on any atom is 0.330 e. The van der Waals surface area contributed by atoms with Gasteiger partial charge < -0.3 is 14.2 Å². The lowest BCUT2D eigenvalue weighted by Crippen LogP contribution is -2.08. The van der Waals surface area contributed by atoms with Crippen molar-refractivity contribution >= 4 is 7.60 Å². The standard InChI is InChI=1S/C9H21O4P/c1-8(2)12-6-5-7-13-14(10,11)9(3)4/h8-9H,5-7H2,1-4H3,(H,10,11). The van der Waals surface area contributed by atoms with E-state index in [2.05, 4.69) is 0 Å².